The van der Waals surface area contributed by atoms with Crippen molar-refractivity contribution in [3.8, 4) is 0 Å². The average Bonchev–Trinajstić information content (AvgIpc) is 1.85. The van der Waals surface area contributed by atoms with E-state index in [2.05, 4.69) is 4.84 Å². The van der Waals surface area contributed by atoms with Gasteiger partial charge in [0.1, 0.15) is 0 Å². The Labute approximate surface area is 51.0 Å². The van der Waals surface area contributed by atoms with Crippen LogP contribution in [0.5, 0.6) is 0 Å². The summed E-state index contributed by atoms with van der Waals surface area (Å²) < 4.78 is 0. The Kier molecular flexibility index (Phi) is 1.39. The number of hydroxylamine groups is 2. The second-order valence-corrected chi connectivity index (χ2v) is 1.78. The van der Waals surface area contributed by atoms with Crippen LogP contribution in [0.1, 0.15) is 0 Å². The molecule has 0 radical (unpaired) electrons. The van der Waals surface area contributed by atoms with Gasteiger partial charge < -0.3 is 0 Å². The summed E-state index contributed by atoms with van der Waals surface area (Å²) in [5.74, 6) is 0. The van der Waals surface area contributed by atoms with Crippen LogP contribution < -0.4 is 5.73 Å². The number of hydrogen-bond acceptors (Lipinski definition) is 4. The van der Waals surface area contributed by atoms with Crippen molar-refractivity contribution >= 4 is 11.6 Å². The van der Waals surface area contributed by atoms with Crippen LogP contribution in [-0.2, 0) is 4.84 Å². The van der Waals surface area contributed by atoms with E-state index in [0.717, 1.165) is 0 Å². The molecular weight excluding hydrogens is 131 g/mol. The summed E-state index contributed by atoms with van der Waals surface area (Å²) >= 11 is 5.37. The highest BCUT2D eigenvalue weighted by Gasteiger charge is 2.18. The van der Waals surface area contributed by atoms with E-state index in [4.69, 9.17) is 22.5 Å². The van der Waals surface area contributed by atoms with Crippen LogP contribution in [0.4, 0.5) is 0 Å². The molecule has 0 saturated heterocycles. The smallest absolute Gasteiger partial charge is 0.174 e. The molecule has 0 aliphatic carbocycles. The van der Waals surface area contributed by atoms with Crippen molar-refractivity contribution in [2.24, 2.45) is 5.73 Å². The maximum Gasteiger partial charge on any atom is 0.174 e. The third-order valence-electron chi connectivity index (χ3n) is 0.727. The van der Waals surface area contributed by atoms with E-state index in [0.29, 0.717) is 5.23 Å². The monoisotopic (exact) mass is 136 g/mol. The Morgan fingerprint density at radius 3 is 2.75 bits per heavy atom. The largest absolute Gasteiger partial charge is 0.299 e. The van der Waals surface area contributed by atoms with E-state index in [1.165, 1.54) is 6.20 Å². The fourth-order valence-electron chi connectivity index (χ4n) is 0.376. The molecule has 0 saturated carbocycles. The third-order valence-corrected chi connectivity index (χ3v) is 1.04. The lowest BCUT2D eigenvalue weighted by molar-refractivity contribution is -0.305. The van der Waals surface area contributed by atoms with Gasteiger partial charge in [0, 0.05) is 0 Å². The fraction of sp³-hybridized carbons (Fsp3) is 0.333. The molecule has 1 aliphatic rings. The van der Waals surface area contributed by atoms with Gasteiger partial charge >= 0.3 is 0 Å². The van der Waals surface area contributed by atoms with Crippen molar-refractivity contribution in [2.45, 2.75) is 6.23 Å². The molecule has 1 heterocycles. The van der Waals surface area contributed by atoms with Gasteiger partial charge in [0.25, 0.3) is 0 Å². The van der Waals surface area contributed by atoms with Gasteiger partial charge in [-0.2, -0.15) is 0 Å². The number of halogens is 1. The zero-order valence-corrected chi connectivity index (χ0v) is 4.67. The molecule has 1 aliphatic heterocycles. The van der Waals surface area contributed by atoms with Gasteiger partial charge in [-0.3, -0.25) is 10.9 Å². The van der Waals surface area contributed by atoms with Gasteiger partial charge in [-0.15, -0.1) is 5.23 Å². The van der Waals surface area contributed by atoms with Crippen LogP contribution in [-0.4, -0.2) is 16.7 Å². The molecule has 0 aromatic rings. The van der Waals surface area contributed by atoms with Gasteiger partial charge in [-0.1, -0.05) is 11.6 Å². The van der Waals surface area contributed by atoms with Crippen molar-refractivity contribution in [1.29, 1.82) is 0 Å². The SMILES string of the molecule is NC1ON(O)C=C1Cl. The number of nitrogens with two attached hydrogens (primary N) is 1. The first-order valence-corrected chi connectivity index (χ1v) is 2.35. The van der Waals surface area contributed by atoms with Crippen LogP contribution >= 0.6 is 11.6 Å². The maximum absolute atomic E-state index is 8.44. The van der Waals surface area contributed by atoms with Gasteiger partial charge in [-0.05, 0) is 0 Å². The predicted molar refractivity (Wildman–Crippen MR) is 26.6 cm³/mol. The minimum atomic E-state index is -0.707. The molecule has 1 unspecified atom stereocenters. The summed E-state index contributed by atoms with van der Waals surface area (Å²) in [5, 5.41) is 9.20. The Bertz CT molecular complexity index is 126. The number of nitrogens with zero attached hydrogens (tertiary/aromatic N) is 1. The van der Waals surface area contributed by atoms with Gasteiger partial charge in [-0.25, -0.2) is 4.84 Å². The van der Waals surface area contributed by atoms with E-state index in [-0.39, 0.29) is 5.03 Å². The van der Waals surface area contributed by atoms with E-state index in [9.17, 15) is 0 Å². The minimum absolute atomic E-state index is 0.285. The molecule has 8 heavy (non-hydrogen) atoms. The molecule has 0 spiro atoms. The number of hydrogen-bond donors (Lipinski definition) is 2. The second kappa shape index (κ2) is 1.91. The molecule has 0 aromatic carbocycles. The Balaban J connectivity index is 2.59. The molecule has 5 heteroatoms. The highest BCUT2D eigenvalue weighted by Crippen LogP contribution is 2.15. The molecular formula is C3H5ClN2O2. The lowest BCUT2D eigenvalue weighted by Gasteiger charge is -2.04. The summed E-state index contributed by atoms with van der Waals surface area (Å²) in [5.41, 5.74) is 5.14. The first-order valence-electron chi connectivity index (χ1n) is 1.98. The summed E-state index contributed by atoms with van der Waals surface area (Å²) in [6.07, 6.45) is 0.480. The topological polar surface area (TPSA) is 58.7 Å². The zero-order chi connectivity index (χ0) is 6.15. The lowest BCUT2D eigenvalue weighted by Crippen LogP contribution is -2.23. The minimum Gasteiger partial charge on any atom is -0.299 e. The normalized spacial score (nSPS) is 28.6. The predicted octanol–water partition coefficient (Wildman–Crippen LogP) is -0.0122. The summed E-state index contributed by atoms with van der Waals surface area (Å²) in [7, 11) is 0. The maximum atomic E-state index is 8.44. The molecule has 0 bridgehead atoms. The molecule has 0 aromatic heterocycles. The summed E-state index contributed by atoms with van der Waals surface area (Å²) in [6, 6.07) is 0. The first-order chi connectivity index (χ1) is 3.70. The number of rotatable bonds is 0. The van der Waals surface area contributed by atoms with Crippen molar-refractivity contribution in [3.63, 3.8) is 0 Å². The Morgan fingerprint density at radius 1 is 2.00 bits per heavy atom. The Hall–Kier alpha value is -0.290. The van der Waals surface area contributed by atoms with E-state index >= 15 is 0 Å². The van der Waals surface area contributed by atoms with Crippen molar-refractivity contribution in [3.05, 3.63) is 11.2 Å². The van der Waals surface area contributed by atoms with Crippen LogP contribution in [0, 0.1) is 0 Å². The van der Waals surface area contributed by atoms with Gasteiger partial charge in [0.15, 0.2) is 6.23 Å². The summed E-state index contributed by atoms with van der Waals surface area (Å²) in [4.78, 5) is 4.42. The van der Waals surface area contributed by atoms with Crippen LogP contribution in [0.2, 0.25) is 0 Å². The standard InChI is InChI=1S/C3H5ClN2O2/c4-2-1-6(7)8-3(2)5/h1,3,7H,5H2. The quantitative estimate of drug-likeness (QED) is 0.492. The van der Waals surface area contributed by atoms with E-state index in [1.54, 1.807) is 0 Å². The van der Waals surface area contributed by atoms with Crippen LogP contribution in [0.25, 0.3) is 0 Å². The average molecular weight is 137 g/mol. The molecule has 1 atom stereocenters. The zero-order valence-electron chi connectivity index (χ0n) is 3.91. The molecule has 0 fully saturated rings. The van der Waals surface area contributed by atoms with Crippen molar-refractivity contribution in [2.75, 3.05) is 0 Å². The third kappa shape index (κ3) is 0.924. The van der Waals surface area contributed by atoms with Crippen LogP contribution in [0.15, 0.2) is 11.2 Å². The Morgan fingerprint density at radius 2 is 2.62 bits per heavy atom. The molecule has 46 valence electrons. The molecule has 1 rings (SSSR count). The van der Waals surface area contributed by atoms with Crippen molar-refractivity contribution in [1.82, 2.24) is 5.23 Å². The van der Waals surface area contributed by atoms with Gasteiger partial charge in [0.05, 0.1) is 11.2 Å². The van der Waals surface area contributed by atoms with Crippen LogP contribution in [0.3, 0.4) is 0 Å². The van der Waals surface area contributed by atoms with Crippen molar-refractivity contribution < 1.29 is 10.0 Å². The molecule has 3 N–H and O–H groups in total. The highest BCUT2D eigenvalue weighted by atomic mass is 35.5. The summed E-state index contributed by atoms with van der Waals surface area (Å²) in [6.45, 7) is 0. The molecule has 4 nitrogen and oxygen atoms in total. The molecule has 0 amide bonds. The van der Waals surface area contributed by atoms with E-state index < -0.39 is 6.23 Å². The lowest BCUT2D eigenvalue weighted by atomic mass is 10.6. The van der Waals surface area contributed by atoms with Gasteiger partial charge in [0.2, 0.25) is 0 Å². The van der Waals surface area contributed by atoms with E-state index in [1.807, 2.05) is 0 Å². The first kappa shape index (κ1) is 5.84. The highest BCUT2D eigenvalue weighted by molar-refractivity contribution is 6.30. The second-order valence-electron chi connectivity index (χ2n) is 1.34. The fourth-order valence-corrected chi connectivity index (χ4v) is 0.499.